The third-order valence-corrected chi connectivity index (χ3v) is 2.60. The van der Waals surface area contributed by atoms with Gasteiger partial charge in [-0.3, -0.25) is 0 Å². The van der Waals surface area contributed by atoms with E-state index in [1.807, 2.05) is 11.8 Å². The van der Waals surface area contributed by atoms with Crippen LogP contribution in [0.1, 0.15) is 25.7 Å². The van der Waals surface area contributed by atoms with Gasteiger partial charge in [0, 0.05) is 0 Å². The van der Waals surface area contributed by atoms with Crippen LogP contribution in [0.15, 0.2) is 0 Å². The molecule has 0 N–H and O–H groups in total. The minimum Gasteiger partial charge on any atom is -0.165 e. The summed E-state index contributed by atoms with van der Waals surface area (Å²) in [4.78, 5) is 0. The third kappa shape index (κ3) is 1.70. The lowest BCUT2D eigenvalue weighted by Crippen LogP contribution is -2.11. The van der Waals surface area contributed by atoms with Gasteiger partial charge in [-0.25, -0.2) is 0 Å². The van der Waals surface area contributed by atoms with E-state index in [1.54, 1.807) is 0 Å². The molecule has 0 radical (unpaired) electrons. The zero-order valence-corrected chi connectivity index (χ0v) is 6.34. The first-order chi connectivity index (χ1) is 3.93. The van der Waals surface area contributed by atoms with E-state index in [9.17, 15) is 0 Å². The second kappa shape index (κ2) is 3.39. The molecule has 0 nitrogen and oxygen atoms in total. The Bertz CT molecular complexity index is 57.4. The van der Waals surface area contributed by atoms with Gasteiger partial charge in [-0.2, -0.15) is 11.8 Å². The maximum Gasteiger partial charge on any atom is -0.00677 e. The number of hydrogen-bond donors (Lipinski definition) is 0. The Morgan fingerprint density at radius 2 is 2.25 bits per heavy atom. The zero-order chi connectivity index (χ0) is 5.82. The van der Waals surface area contributed by atoms with Crippen LogP contribution in [-0.2, 0) is 0 Å². The third-order valence-electron chi connectivity index (χ3n) is 1.95. The summed E-state index contributed by atoms with van der Waals surface area (Å²) in [7, 11) is 0. The summed E-state index contributed by atoms with van der Waals surface area (Å²) in [5.41, 5.74) is 0. The Kier molecular flexibility index (Phi) is 2.74. The fourth-order valence-corrected chi connectivity index (χ4v) is 1.64. The summed E-state index contributed by atoms with van der Waals surface area (Å²) in [5.74, 6) is 2.49. The Morgan fingerprint density at radius 1 is 1.50 bits per heavy atom. The normalized spacial score (nSPS) is 20.6. The Morgan fingerprint density at radius 3 is 2.62 bits per heavy atom. The van der Waals surface area contributed by atoms with Gasteiger partial charge in [0.15, 0.2) is 0 Å². The molecule has 1 saturated carbocycles. The van der Waals surface area contributed by atoms with E-state index in [0.717, 1.165) is 5.92 Å². The van der Waals surface area contributed by atoms with Gasteiger partial charge in [0.2, 0.25) is 0 Å². The van der Waals surface area contributed by atoms with E-state index < -0.39 is 0 Å². The van der Waals surface area contributed by atoms with Gasteiger partial charge in [-0.05, 0) is 24.3 Å². The van der Waals surface area contributed by atoms with Crippen LogP contribution < -0.4 is 0 Å². The molecule has 1 aliphatic rings. The Balaban J connectivity index is 1.86. The van der Waals surface area contributed by atoms with Crippen molar-refractivity contribution in [2.24, 2.45) is 5.92 Å². The molecule has 0 aromatic rings. The molecule has 8 heavy (non-hydrogen) atoms. The van der Waals surface area contributed by atoms with Crippen LogP contribution in [0.25, 0.3) is 0 Å². The standard InChI is InChI=1S/C7H14S/c1-8-6-5-7-3-2-4-7/h7H,2-6H2,1H3. The van der Waals surface area contributed by atoms with Crippen molar-refractivity contribution in [1.82, 2.24) is 0 Å². The van der Waals surface area contributed by atoms with Crippen LogP contribution in [0, 0.1) is 5.92 Å². The minimum absolute atomic E-state index is 1.11. The molecule has 0 bridgehead atoms. The van der Waals surface area contributed by atoms with Crippen LogP contribution >= 0.6 is 11.8 Å². The molecule has 1 aliphatic carbocycles. The molecular weight excluding hydrogens is 116 g/mol. The molecule has 0 unspecified atom stereocenters. The van der Waals surface area contributed by atoms with Gasteiger partial charge in [-0.1, -0.05) is 19.3 Å². The van der Waals surface area contributed by atoms with Crippen LogP contribution in [0.5, 0.6) is 0 Å². The fraction of sp³-hybridized carbons (Fsp3) is 1.00. The zero-order valence-electron chi connectivity index (χ0n) is 5.52. The molecule has 0 aliphatic heterocycles. The van der Waals surface area contributed by atoms with Crippen molar-refractivity contribution in [3.05, 3.63) is 0 Å². The van der Waals surface area contributed by atoms with E-state index in [-0.39, 0.29) is 0 Å². The molecule has 1 heteroatoms. The number of hydrogen-bond acceptors (Lipinski definition) is 1. The van der Waals surface area contributed by atoms with Crippen molar-refractivity contribution >= 4 is 11.8 Å². The molecule has 0 atom stereocenters. The predicted molar refractivity (Wildman–Crippen MR) is 40.3 cm³/mol. The van der Waals surface area contributed by atoms with Crippen LogP contribution in [0.3, 0.4) is 0 Å². The molecule has 0 aromatic carbocycles. The number of rotatable bonds is 3. The maximum atomic E-state index is 2.19. The van der Waals surface area contributed by atoms with Crippen molar-refractivity contribution in [1.29, 1.82) is 0 Å². The lowest BCUT2D eigenvalue weighted by molar-refractivity contribution is 0.309. The summed E-state index contributed by atoms with van der Waals surface area (Å²) in [6.07, 6.45) is 8.19. The monoisotopic (exact) mass is 130 g/mol. The van der Waals surface area contributed by atoms with Gasteiger partial charge in [0.25, 0.3) is 0 Å². The lowest BCUT2D eigenvalue weighted by Gasteiger charge is -2.24. The lowest BCUT2D eigenvalue weighted by atomic mass is 9.84. The smallest absolute Gasteiger partial charge is 0.00677 e. The topological polar surface area (TPSA) is 0 Å². The second-order valence-electron chi connectivity index (χ2n) is 2.58. The first-order valence-corrected chi connectivity index (χ1v) is 4.82. The first kappa shape index (κ1) is 6.47. The van der Waals surface area contributed by atoms with Gasteiger partial charge in [0.05, 0.1) is 0 Å². The Labute approximate surface area is 56.0 Å². The van der Waals surface area contributed by atoms with Crippen LogP contribution in [-0.4, -0.2) is 12.0 Å². The number of thioether (sulfide) groups is 1. The van der Waals surface area contributed by atoms with Gasteiger partial charge in [0.1, 0.15) is 0 Å². The van der Waals surface area contributed by atoms with Gasteiger partial charge in [-0.15, -0.1) is 0 Å². The summed E-state index contributed by atoms with van der Waals surface area (Å²) in [5, 5.41) is 0. The van der Waals surface area contributed by atoms with E-state index in [0.29, 0.717) is 0 Å². The molecular formula is C7H14S. The Hall–Kier alpha value is 0.350. The summed E-state index contributed by atoms with van der Waals surface area (Å²) in [6, 6.07) is 0. The van der Waals surface area contributed by atoms with Crippen molar-refractivity contribution in [3.63, 3.8) is 0 Å². The highest BCUT2D eigenvalue weighted by Crippen LogP contribution is 2.29. The quantitative estimate of drug-likeness (QED) is 0.565. The average molecular weight is 130 g/mol. The maximum absolute atomic E-state index is 2.19. The van der Waals surface area contributed by atoms with E-state index >= 15 is 0 Å². The van der Waals surface area contributed by atoms with Crippen molar-refractivity contribution in [2.45, 2.75) is 25.7 Å². The largest absolute Gasteiger partial charge is 0.165 e. The highest BCUT2D eigenvalue weighted by molar-refractivity contribution is 7.98. The summed E-state index contributed by atoms with van der Waals surface area (Å²) >= 11 is 1.98. The van der Waals surface area contributed by atoms with E-state index in [2.05, 4.69) is 6.26 Å². The minimum atomic E-state index is 1.11. The average Bonchev–Trinajstić information content (AvgIpc) is 1.63. The summed E-state index contributed by atoms with van der Waals surface area (Å²) < 4.78 is 0. The molecule has 0 heterocycles. The molecule has 0 saturated heterocycles. The molecule has 48 valence electrons. The first-order valence-electron chi connectivity index (χ1n) is 3.42. The summed E-state index contributed by atoms with van der Waals surface area (Å²) in [6.45, 7) is 0. The van der Waals surface area contributed by atoms with Crippen LogP contribution in [0.4, 0.5) is 0 Å². The molecule has 0 spiro atoms. The SMILES string of the molecule is CSCCC1CCC1. The second-order valence-corrected chi connectivity index (χ2v) is 3.56. The van der Waals surface area contributed by atoms with E-state index in [4.69, 9.17) is 0 Å². The van der Waals surface area contributed by atoms with Crippen molar-refractivity contribution in [2.75, 3.05) is 12.0 Å². The van der Waals surface area contributed by atoms with Gasteiger partial charge >= 0.3 is 0 Å². The predicted octanol–water partition coefficient (Wildman–Crippen LogP) is 2.54. The molecule has 1 fully saturated rings. The van der Waals surface area contributed by atoms with E-state index in [1.165, 1.54) is 31.4 Å². The van der Waals surface area contributed by atoms with Crippen molar-refractivity contribution < 1.29 is 0 Å². The molecule has 0 amide bonds. The van der Waals surface area contributed by atoms with Crippen LogP contribution in [0.2, 0.25) is 0 Å². The fourth-order valence-electron chi connectivity index (χ4n) is 1.07. The molecule has 0 aromatic heterocycles. The van der Waals surface area contributed by atoms with Gasteiger partial charge < -0.3 is 0 Å². The van der Waals surface area contributed by atoms with Crippen molar-refractivity contribution in [3.8, 4) is 0 Å². The highest BCUT2D eigenvalue weighted by atomic mass is 32.2. The molecule has 1 rings (SSSR count). The highest BCUT2D eigenvalue weighted by Gasteiger charge is 2.15.